The maximum absolute atomic E-state index is 14.5. The van der Waals surface area contributed by atoms with Gasteiger partial charge in [0.25, 0.3) is 0 Å². The smallest absolute Gasteiger partial charge is 0.401 e. The van der Waals surface area contributed by atoms with Crippen molar-refractivity contribution in [3.05, 3.63) is 59.8 Å². The monoisotopic (exact) mass is 470 g/mol. The van der Waals surface area contributed by atoms with Crippen molar-refractivity contribution in [2.45, 2.75) is 25.6 Å². The summed E-state index contributed by atoms with van der Waals surface area (Å²) in [6.07, 6.45) is -2.02. The largest absolute Gasteiger partial charge is 0.416 e. The second-order valence-electron chi connectivity index (χ2n) is 7.35. The van der Waals surface area contributed by atoms with Crippen LogP contribution in [0.25, 0.3) is 0 Å². The Kier molecular flexibility index (Phi) is 9.86. The number of hydrogen-bond donors (Lipinski definition) is 3. The van der Waals surface area contributed by atoms with Crippen molar-refractivity contribution < 1.29 is 22.3 Å². The predicted molar refractivity (Wildman–Crippen MR) is 120 cm³/mol. The van der Waals surface area contributed by atoms with E-state index in [4.69, 9.17) is 10.5 Å². The summed E-state index contributed by atoms with van der Waals surface area (Å²) < 4.78 is 58.2. The Bertz CT molecular complexity index is 891. The molecule has 1 unspecified atom stereocenters. The average molecular weight is 471 g/mol. The summed E-state index contributed by atoms with van der Waals surface area (Å²) in [7, 11) is 1.54. The maximum Gasteiger partial charge on any atom is 0.416 e. The van der Waals surface area contributed by atoms with Crippen LogP contribution in [0.5, 0.6) is 0 Å². The molecule has 1 aromatic heterocycles. The van der Waals surface area contributed by atoms with Gasteiger partial charge in [0.1, 0.15) is 6.33 Å². The van der Waals surface area contributed by atoms with E-state index in [1.807, 2.05) is 0 Å². The van der Waals surface area contributed by atoms with E-state index in [0.29, 0.717) is 24.4 Å². The highest BCUT2D eigenvalue weighted by Gasteiger charge is 2.32. The molecule has 0 amide bonds. The zero-order valence-electron chi connectivity index (χ0n) is 18.8. The normalized spacial score (nSPS) is 16.1. The highest BCUT2D eigenvalue weighted by atomic mass is 19.4. The van der Waals surface area contributed by atoms with Gasteiger partial charge in [0.05, 0.1) is 24.8 Å². The van der Waals surface area contributed by atoms with E-state index >= 15 is 0 Å². The molecule has 1 aliphatic rings. The molecular formula is C22H30F4N6O. The number of nitrogens with two attached hydrogens (primary N) is 1. The van der Waals surface area contributed by atoms with Crippen LogP contribution in [0.3, 0.4) is 0 Å². The molecule has 2 aromatic rings. The number of aromatic nitrogens is 2. The Balaban J connectivity index is 0.000000414. The van der Waals surface area contributed by atoms with Gasteiger partial charge in [0.2, 0.25) is 5.82 Å². The number of nitrogens with one attached hydrogen (secondary N) is 2. The molecule has 1 aliphatic heterocycles. The Morgan fingerprint density at radius 2 is 1.97 bits per heavy atom. The molecule has 1 saturated heterocycles. The molecule has 1 aromatic carbocycles. The molecule has 11 heteroatoms. The molecule has 1 fully saturated rings. The maximum atomic E-state index is 14.5. The number of halogens is 4. The molecule has 182 valence electrons. The summed E-state index contributed by atoms with van der Waals surface area (Å²) in [6.45, 7) is 8.39. The highest BCUT2D eigenvalue weighted by Crippen LogP contribution is 2.34. The molecule has 7 nitrogen and oxygen atoms in total. The minimum atomic E-state index is -4.40. The first kappa shape index (κ1) is 26.3. The molecule has 4 N–H and O–H groups in total. The summed E-state index contributed by atoms with van der Waals surface area (Å²) in [5.74, 6) is -0.459. The van der Waals surface area contributed by atoms with E-state index in [0.717, 1.165) is 31.6 Å². The molecule has 33 heavy (non-hydrogen) atoms. The van der Waals surface area contributed by atoms with Crippen LogP contribution < -0.4 is 21.3 Å². The van der Waals surface area contributed by atoms with Gasteiger partial charge in [-0.25, -0.2) is 9.97 Å². The van der Waals surface area contributed by atoms with Gasteiger partial charge in [-0.3, -0.25) is 0 Å². The van der Waals surface area contributed by atoms with Crippen molar-refractivity contribution in [2.24, 2.45) is 5.73 Å². The van der Waals surface area contributed by atoms with Crippen molar-refractivity contribution >= 4 is 11.6 Å². The number of benzene rings is 1. The zero-order chi connectivity index (χ0) is 24.4. The van der Waals surface area contributed by atoms with E-state index in [9.17, 15) is 17.6 Å². The highest BCUT2D eigenvalue weighted by molar-refractivity contribution is 5.52. The number of morpholine rings is 1. The Morgan fingerprint density at radius 3 is 2.55 bits per heavy atom. The minimum Gasteiger partial charge on any atom is -0.401 e. The molecule has 0 radical (unpaired) electrons. The lowest BCUT2D eigenvalue weighted by Crippen LogP contribution is -2.40. The van der Waals surface area contributed by atoms with Crippen LogP contribution in [0, 0.1) is 5.82 Å². The van der Waals surface area contributed by atoms with Gasteiger partial charge in [-0.15, -0.1) is 0 Å². The first-order valence-electron chi connectivity index (χ1n) is 10.5. The molecule has 0 bridgehead atoms. The molecule has 2 heterocycles. The minimum absolute atomic E-state index is 0.0580. The predicted octanol–water partition coefficient (Wildman–Crippen LogP) is 3.71. The van der Waals surface area contributed by atoms with Gasteiger partial charge >= 0.3 is 6.18 Å². The van der Waals surface area contributed by atoms with Gasteiger partial charge in [-0.2, -0.15) is 17.6 Å². The van der Waals surface area contributed by atoms with E-state index in [1.54, 1.807) is 11.9 Å². The topological polar surface area (TPSA) is 88.3 Å². The molecule has 0 aliphatic carbocycles. The molecule has 0 spiro atoms. The average Bonchev–Trinajstić information content (AvgIpc) is 2.79. The molecule has 3 rings (SSSR count). The van der Waals surface area contributed by atoms with Gasteiger partial charge in [0.15, 0.2) is 11.6 Å². The third-order valence-electron chi connectivity index (χ3n) is 4.81. The lowest BCUT2D eigenvalue weighted by molar-refractivity contribution is -0.137. The van der Waals surface area contributed by atoms with Crippen molar-refractivity contribution in [3.8, 4) is 0 Å². The van der Waals surface area contributed by atoms with E-state index in [-0.39, 0.29) is 18.2 Å². The van der Waals surface area contributed by atoms with Gasteiger partial charge < -0.3 is 26.0 Å². The number of alkyl halides is 3. The lowest BCUT2D eigenvalue weighted by Gasteiger charge is -2.37. The summed E-state index contributed by atoms with van der Waals surface area (Å²) in [5.41, 5.74) is 5.85. The zero-order valence-corrected chi connectivity index (χ0v) is 18.8. The molecule has 0 saturated carbocycles. The fraction of sp³-hybridized carbons (Fsp3) is 0.455. The summed E-state index contributed by atoms with van der Waals surface area (Å²) in [6, 6.07) is 4.35. The van der Waals surface area contributed by atoms with Crippen molar-refractivity contribution in [3.63, 3.8) is 0 Å². The number of anilines is 2. The van der Waals surface area contributed by atoms with Gasteiger partial charge in [0, 0.05) is 25.8 Å². The van der Waals surface area contributed by atoms with Crippen LogP contribution in [0.2, 0.25) is 0 Å². The number of nitrogens with zero attached hydrogens (tertiary/aromatic N) is 3. The van der Waals surface area contributed by atoms with E-state index < -0.39 is 23.6 Å². The first-order chi connectivity index (χ1) is 15.7. The number of rotatable bonds is 7. The summed E-state index contributed by atoms with van der Waals surface area (Å²) in [5, 5.41) is 5.75. The second-order valence-corrected chi connectivity index (χ2v) is 7.35. The third kappa shape index (κ3) is 7.57. The molecule has 1 atom stereocenters. The van der Waals surface area contributed by atoms with Crippen molar-refractivity contribution in [1.29, 1.82) is 0 Å². The van der Waals surface area contributed by atoms with Crippen LogP contribution in [0.1, 0.15) is 30.5 Å². The quantitative estimate of drug-likeness (QED) is 0.420. The molecular weight excluding hydrogens is 440 g/mol. The van der Waals surface area contributed by atoms with E-state index in [2.05, 4.69) is 34.1 Å². The Morgan fingerprint density at radius 1 is 1.27 bits per heavy atom. The van der Waals surface area contributed by atoms with Crippen LogP contribution in [-0.4, -0.2) is 49.9 Å². The summed E-state index contributed by atoms with van der Waals surface area (Å²) in [4.78, 5) is 9.50. The summed E-state index contributed by atoms with van der Waals surface area (Å²) >= 11 is 0. The number of ether oxygens (including phenoxy) is 1. The first-order valence-corrected chi connectivity index (χ1v) is 10.5. The standard InChI is InChI=1S/C16H16F4N4O.C6H14N2/c1-21-14-13(17)15(23-9-22-14)24-6-7-25-8-12(24)10-2-4-11(5-3-10)16(18,19)20;1-3-4-8-5-6(2)7/h2-5,9,12H,6-8H2,1H3,(H,21,22,23);8H,2-5,7H2,1H3. The Hall–Kier alpha value is -2.92. The van der Waals surface area contributed by atoms with Crippen LogP contribution >= 0.6 is 0 Å². The Labute approximate surface area is 191 Å². The fourth-order valence-corrected chi connectivity index (χ4v) is 3.19. The van der Waals surface area contributed by atoms with Crippen molar-refractivity contribution in [2.75, 3.05) is 50.1 Å². The fourth-order valence-electron chi connectivity index (χ4n) is 3.19. The van der Waals surface area contributed by atoms with Crippen LogP contribution in [-0.2, 0) is 10.9 Å². The SMILES string of the molecule is C=C(N)CNCCC.CNc1ncnc(N2CCOCC2c2ccc(C(F)(F)F)cc2)c1F. The van der Waals surface area contributed by atoms with Crippen LogP contribution in [0.15, 0.2) is 42.9 Å². The third-order valence-corrected chi connectivity index (χ3v) is 4.81. The van der Waals surface area contributed by atoms with Crippen LogP contribution in [0.4, 0.5) is 29.2 Å². The second kappa shape index (κ2) is 12.4. The van der Waals surface area contributed by atoms with Gasteiger partial charge in [-0.05, 0) is 30.7 Å². The van der Waals surface area contributed by atoms with Crippen molar-refractivity contribution in [1.82, 2.24) is 15.3 Å². The lowest BCUT2D eigenvalue weighted by atomic mass is 10.0. The number of hydrogen-bond acceptors (Lipinski definition) is 7. The van der Waals surface area contributed by atoms with E-state index in [1.165, 1.54) is 18.5 Å². The van der Waals surface area contributed by atoms with Gasteiger partial charge in [-0.1, -0.05) is 25.6 Å².